The van der Waals surface area contributed by atoms with E-state index in [4.69, 9.17) is 27.5 Å². The SMILES string of the molecule is CC(C)(Oc1ccc(C(=O)c2ccc(Cl)cc2)cc1)C(=O)N[C@@H](CCCNC(=N)N)C(=O)O. The number of carbonyl (C=O) groups excluding carboxylic acids is 2. The van der Waals surface area contributed by atoms with Crippen molar-refractivity contribution in [1.29, 1.82) is 5.41 Å². The summed E-state index contributed by atoms with van der Waals surface area (Å²) in [4.78, 5) is 36.7. The zero-order valence-corrected chi connectivity index (χ0v) is 19.1. The smallest absolute Gasteiger partial charge is 0.326 e. The van der Waals surface area contributed by atoms with Crippen LogP contribution in [-0.4, -0.2) is 46.9 Å². The molecule has 0 fully saturated rings. The molecule has 0 unspecified atom stereocenters. The number of ether oxygens (including phenoxy) is 1. The predicted octanol–water partition coefficient (Wildman–Crippen LogP) is 2.56. The molecule has 0 radical (unpaired) electrons. The van der Waals surface area contributed by atoms with Gasteiger partial charge in [-0.05, 0) is 75.2 Å². The number of carboxylic acid groups (broad SMARTS) is 1. The molecule has 176 valence electrons. The van der Waals surface area contributed by atoms with E-state index in [1.807, 2.05) is 0 Å². The Morgan fingerprint density at radius 3 is 2.15 bits per heavy atom. The monoisotopic (exact) mass is 474 g/mol. The van der Waals surface area contributed by atoms with E-state index >= 15 is 0 Å². The summed E-state index contributed by atoms with van der Waals surface area (Å²) in [6, 6.07) is 11.7. The second kappa shape index (κ2) is 11.3. The van der Waals surface area contributed by atoms with Crippen molar-refractivity contribution < 1.29 is 24.2 Å². The fraction of sp³-hybridized carbons (Fsp3) is 0.304. The van der Waals surface area contributed by atoms with E-state index in [0.29, 0.717) is 34.9 Å². The van der Waals surface area contributed by atoms with Crippen LogP contribution in [0.15, 0.2) is 48.5 Å². The van der Waals surface area contributed by atoms with Crippen LogP contribution < -0.4 is 21.1 Å². The van der Waals surface area contributed by atoms with Gasteiger partial charge in [-0.25, -0.2) is 4.79 Å². The van der Waals surface area contributed by atoms with E-state index < -0.39 is 23.5 Å². The molecule has 0 heterocycles. The van der Waals surface area contributed by atoms with Crippen molar-refractivity contribution in [2.75, 3.05) is 6.54 Å². The molecular formula is C23H27ClN4O5. The molecule has 10 heteroatoms. The highest BCUT2D eigenvalue weighted by molar-refractivity contribution is 6.30. The normalized spacial score (nSPS) is 11.8. The second-order valence-corrected chi connectivity index (χ2v) is 8.26. The number of hydrogen-bond acceptors (Lipinski definition) is 5. The van der Waals surface area contributed by atoms with Gasteiger partial charge < -0.3 is 26.2 Å². The topological polar surface area (TPSA) is 155 Å². The van der Waals surface area contributed by atoms with E-state index in [1.54, 1.807) is 48.5 Å². The van der Waals surface area contributed by atoms with Crippen molar-refractivity contribution in [3.05, 3.63) is 64.7 Å². The minimum absolute atomic E-state index is 0.152. The first kappa shape index (κ1) is 25.7. The minimum Gasteiger partial charge on any atom is -0.480 e. The summed E-state index contributed by atoms with van der Waals surface area (Å²) in [5, 5.41) is 22.1. The first-order valence-corrected chi connectivity index (χ1v) is 10.6. The van der Waals surface area contributed by atoms with Crippen molar-refractivity contribution in [2.45, 2.75) is 38.3 Å². The Morgan fingerprint density at radius 1 is 1.09 bits per heavy atom. The first-order valence-electron chi connectivity index (χ1n) is 10.2. The lowest BCUT2D eigenvalue weighted by Gasteiger charge is -2.27. The number of nitrogens with two attached hydrogens (primary N) is 1. The summed E-state index contributed by atoms with van der Waals surface area (Å²) in [6.07, 6.45) is 0.542. The van der Waals surface area contributed by atoms with Gasteiger partial charge in [-0.15, -0.1) is 0 Å². The van der Waals surface area contributed by atoms with Crippen LogP contribution in [0.4, 0.5) is 0 Å². The summed E-state index contributed by atoms with van der Waals surface area (Å²) in [6.45, 7) is 3.35. The largest absolute Gasteiger partial charge is 0.480 e. The van der Waals surface area contributed by atoms with Crippen molar-refractivity contribution in [2.24, 2.45) is 5.73 Å². The molecule has 9 nitrogen and oxygen atoms in total. The molecule has 0 aliphatic carbocycles. The molecular weight excluding hydrogens is 448 g/mol. The number of halogens is 1. The van der Waals surface area contributed by atoms with Crippen molar-refractivity contribution in [3.8, 4) is 5.75 Å². The third kappa shape index (κ3) is 7.80. The molecule has 1 amide bonds. The number of carboxylic acids is 1. The summed E-state index contributed by atoms with van der Waals surface area (Å²) < 4.78 is 5.77. The maximum atomic E-state index is 12.7. The predicted molar refractivity (Wildman–Crippen MR) is 125 cm³/mol. The average molecular weight is 475 g/mol. The molecule has 33 heavy (non-hydrogen) atoms. The van der Waals surface area contributed by atoms with Crippen molar-refractivity contribution >= 4 is 35.2 Å². The number of hydrogen-bond donors (Lipinski definition) is 5. The Hall–Kier alpha value is -3.59. The van der Waals surface area contributed by atoms with Gasteiger partial charge in [0.15, 0.2) is 17.3 Å². The van der Waals surface area contributed by atoms with Gasteiger partial charge in [0, 0.05) is 22.7 Å². The van der Waals surface area contributed by atoms with Crippen LogP contribution >= 0.6 is 11.6 Å². The van der Waals surface area contributed by atoms with Gasteiger partial charge in [-0.2, -0.15) is 0 Å². The van der Waals surface area contributed by atoms with Crippen LogP contribution in [0.5, 0.6) is 5.75 Å². The summed E-state index contributed by atoms with van der Waals surface area (Å²) in [5.74, 6) is -1.82. The van der Waals surface area contributed by atoms with Gasteiger partial charge >= 0.3 is 5.97 Å². The Bertz CT molecular complexity index is 1010. The molecule has 2 aromatic carbocycles. The highest BCUT2D eigenvalue weighted by Crippen LogP contribution is 2.21. The highest BCUT2D eigenvalue weighted by Gasteiger charge is 2.33. The van der Waals surface area contributed by atoms with E-state index in [-0.39, 0.29) is 18.2 Å². The summed E-state index contributed by atoms with van der Waals surface area (Å²) >= 11 is 5.85. The average Bonchev–Trinajstić information content (AvgIpc) is 2.75. The lowest BCUT2D eigenvalue weighted by atomic mass is 10.0. The Morgan fingerprint density at radius 2 is 1.64 bits per heavy atom. The molecule has 6 N–H and O–H groups in total. The van der Waals surface area contributed by atoms with E-state index in [9.17, 15) is 19.5 Å². The van der Waals surface area contributed by atoms with Crippen molar-refractivity contribution in [3.63, 3.8) is 0 Å². The van der Waals surface area contributed by atoms with Gasteiger partial charge in [0.05, 0.1) is 0 Å². The fourth-order valence-electron chi connectivity index (χ4n) is 2.90. The van der Waals surface area contributed by atoms with Crippen LogP contribution in [-0.2, 0) is 9.59 Å². The van der Waals surface area contributed by atoms with Crippen LogP contribution in [0.2, 0.25) is 5.02 Å². The van der Waals surface area contributed by atoms with E-state index in [0.717, 1.165) is 0 Å². The van der Waals surface area contributed by atoms with Gasteiger partial charge in [0.25, 0.3) is 5.91 Å². The number of nitrogens with one attached hydrogen (secondary N) is 3. The number of carbonyl (C=O) groups is 3. The lowest BCUT2D eigenvalue weighted by Crippen LogP contribution is -2.52. The maximum Gasteiger partial charge on any atom is 0.326 e. The molecule has 0 aromatic heterocycles. The Balaban J connectivity index is 1.99. The van der Waals surface area contributed by atoms with Crippen LogP contribution in [0.3, 0.4) is 0 Å². The Labute approximate surface area is 196 Å². The van der Waals surface area contributed by atoms with Gasteiger partial charge in [0.2, 0.25) is 0 Å². The van der Waals surface area contributed by atoms with E-state index in [1.165, 1.54) is 13.8 Å². The van der Waals surface area contributed by atoms with Crippen molar-refractivity contribution in [1.82, 2.24) is 10.6 Å². The second-order valence-electron chi connectivity index (χ2n) is 7.82. The maximum absolute atomic E-state index is 12.7. The van der Waals surface area contributed by atoms with Crippen LogP contribution in [0.25, 0.3) is 0 Å². The summed E-state index contributed by atoms with van der Waals surface area (Å²) in [5.41, 5.74) is 4.75. The number of aliphatic carboxylic acids is 1. The quantitative estimate of drug-likeness (QED) is 0.145. The number of ketones is 1. The molecule has 0 aliphatic rings. The molecule has 0 saturated carbocycles. The Kier molecular flexibility index (Phi) is 8.81. The molecule has 0 spiro atoms. The third-order valence-corrected chi connectivity index (χ3v) is 4.98. The number of amides is 1. The number of guanidine groups is 1. The number of rotatable bonds is 11. The fourth-order valence-corrected chi connectivity index (χ4v) is 3.03. The van der Waals surface area contributed by atoms with Gasteiger partial charge in [-0.1, -0.05) is 11.6 Å². The molecule has 1 atom stereocenters. The third-order valence-electron chi connectivity index (χ3n) is 4.73. The highest BCUT2D eigenvalue weighted by atomic mass is 35.5. The summed E-state index contributed by atoms with van der Waals surface area (Å²) in [7, 11) is 0. The zero-order chi connectivity index (χ0) is 24.6. The van der Waals surface area contributed by atoms with Gasteiger partial charge in [0.1, 0.15) is 11.8 Å². The van der Waals surface area contributed by atoms with Crippen LogP contribution in [0.1, 0.15) is 42.6 Å². The molecule has 2 rings (SSSR count). The molecule has 0 aliphatic heterocycles. The van der Waals surface area contributed by atoms with Crippen LogP contribution in [0, 0.1) is 5.41 Å². The molecule has 0 saturated heterocycles. The first-order chi connectivity index (χ1) is 15.5. The standard InChI is InChI=1S/C23H27ClN4O5/c1-23(2,21(32)28-18(20(30)31)4-3-13-27-22(25)26)33-17-11-7-15(8-12-17)19(29)14-5-9-16(24)10-6-14/h5-12,18H,3-4,13H2,1-2H3,(H,28,32)(H,30,31)(H4,25,26,27)/t18-/m0/s1. The number of benzene rings is 2. The van der Waals surface area contributed by atoms with Gasteiger partial charge in [-0.3, -0.25) is 15.0 Å². The lowest BCUT2D eigenvalue weighted by molar-refractivity contribution is -0.145. The van der Waals surface area contributed by atoms with E-state index in [2.05, 4.69) is 10.6 Å². The minimum atomic E-state index is -1.37. The molecule has 0 bridgehead atoms. The zero-order valence-electron chi connectivity index (χ0n) is 18.4. The molecule has 2 aromatic rings.